The molecule has 0 aliphatic heterocycles. The molecular formula is C19H20N4O. The molecule has 2 aromatic heterocycles. The molecule has 1 N–H and O–H groups in total. The molecule has 0 bridgehead atoms. The normalized spacial score (nSPS) is 11.9. The summed E-state index contributed by atoms with van der Waals surface area (Å²) >= 11 is 0. The molecule has 24 heavy (non-hydrogen) atoms. The van der Waals surface area contributed by atoms with E-state index in [1.54, 1.807) is 12.4 Å². The highest BCUT2D eigenvalue weighted by Crippen LogP contribution is 2.21. The van der Waals surface area contributed by atoms with Crippen molar-refractivity contribution in [3.8, 4) is 0 Å². The molecule has 1 atom stereocenters. The number of aromatic nitrogens is 3. The number of carbonyl (C=O) groups excluding carboxylic acids is 1. The van der Waals surface area contributed by atoms with Gasteiger partial charge in [0, 0.05) is 30.0 Å². The van der Waals surface area contributed by atoms with Gasteiger partial charge in [0.25, 0.3) is 0 Å². The van der Waals surface area contributed by atoms with Crippen molar-refractivity contribution in [1.29, 1.82) is 0 Å². The predicted octanol–water partition coefficient (Wildman–Crippen LogP) is 3.38. The van der Waals surface area contributed by atoms with Crippen LogP contribution in [-0.2, 0) is 11.2 Å². The fourth-order valence-electron chi connectivity index (χ4n) is 2.67. The van der Waals surface area contributed by atoms with E-state index in [2.05, 4.69) is 26.8 Å². The fourth-order valence-corrected chi connectivity index (χ4v) is 2.67. The molecule has 122 valence electrons. The number of carbonyl (C=O) groups is 1. The van der Waals surface area contributed by atoms with Crippen molar-refractivity contribution >= 4 is 11.6 Å². The summed E-state index contributed by atoms with van der Waals surface area (Å²) in [6, 6.07) is 13.7. The van der Waals surface area contributed by atoms with Crippen molar-refractivity contribution in [2.75, 3.05) is 5.32 Å². The Bertz CT molecular complexity index is 809. The Kier molecular flexibility index (Phi) is 4.70. The Balaban J connectivity index is 1.64. The van der Waals surface area contributed by atoms with Crippen molar-refractivity contribution in [2.45, 2.75) is 26.3 Å². The minimum absolute atomic E-state index is 0.0695. The number of benzene rings is 1. The number of anilines is 1. The van der Waals surface area contributed by atoms with Crippen molar-refractivity contribution < 1.29 is 4.79 Å². The lowest BCUT2D eigenvalue weighted by molar-refractivity contribution is -0.115. The van der Waals surface area contributed by atoms with Crippen LogP contribution in [0.3, 0.4) is 0 Å². The molecule has 0 radical (unpaired) electrons. The standard InChI is InChI=1S/C19H20N4O/c1-14(23-12-11-20-15(23)2)16-6-8-17(9-7-16)22-19(24)13-18-5-3-4-10-21-18/h3-12,14H,13H2,1-2H3,(H,22,24)/t14-/m1/s1. The maximum absolute atomic E-state index is 12.1. The minimum atomic E-state index is -0.0695. The third-order valence-corrected chi connectivity index (χ3v) is 4.02. The molecule has 3 aromatic rings. The van der Waals surface area contributed by atoms with Crippen molar-refractivity contribution in [3.63, 3.8) is 0 Å². The summed E-state index contributed by atoms with van der Waals surface area (Å²) in [5.41, 5.74) is 2.71. The average Bonchev–Trinajstić information content (AvgIpc) is 3.02. The highest BCUT2D eigenvalue weighted by atomic mass is 16.1. The van der Waals surface area contributed by atoms with Gasteiger partial charge >= 0.3 is 0 Å². The van der Waals surface area contributed by atoms with E-state index in [0.29, 0.717) is 0 Å². The zero-order valence-corrected chi connectivity index (χ0v) is 13.8. The van der Waals surface area contributed by atoms with Crippen molar-refractivity contribution in [1.82, 2.24) is 14.5 Å². The largest absolute Gasteiger partial charge is 0.328 e. The van der Waals surface area contributed by atoms with Gasteiger partial charge in [0.2, 0.25) is 5.91 Å². The lowest BCUT2D eigenvalue weighted by atomic mass is 10.1. The monoisotopic (exact) mass is 320 g/mol. The van der Waals surface area contributed by atoms with E-state index in [4.69, 9.17) is 0 Å². The van der Waals surface area contributed by atoms with Crippen LogP contribution in [-0.4, -0.2) is 20.4 Å². The summed E-state index contributed by atoms with van der Waals surface area (Å²) < 4.78 is 2.12. The van der Waals surface area contributed by atoms with Crippen LogP contribution in [0.25, 0.3) is 0 Å². The highest BCUT2D eigenvalue weighted by Gasteiger charge is 2.10. The molecule has 0 unspecified atom stereocenters. The summed E-state index contributed by atoms with van der Waals surface area (Å²) in [6.45, 7) is 4.12. The maximum Gasteiger partial charge on any atom is 0.230 e. The van der Waals surface area contributed by atoms with E-state index in [0.717, 1.165) is 17.2 Å². The summed E-state index contributed by atoms with van der Waals surface area (Å²) in [7, 11) is 0. The van der Waals surface area contributed by atoms with Gasteiger partial charge in [0.15, 0.2) is 0 Å². The van der Waals surface area contributed by atoms with Gasteiger partial charge in [-0.05, 0) is 43.7 Å². The second kappa shape index (κ2) is 7.08. The van der Waals surface area contributed by atoms with Crippen LogP contribution in [0.5, 0.6) is 0 Å². The van der Waals surface area contributed by atoms with E-state index >= 15 is 0 Å². The first kappa shape index (κ1) is 15.9. The molecule has 0 saturated carbocycles. The number of amides is 1. The Hall–Kier alpha value is -2.95. The predicted molar refractivity (Wildman–Crippen MR) is 93.8 cm³/mol. The third-order valence-electron chi connectivity index (χ3n) is 4.02. The molecule has 0 fully saturated rings. The third kappa shape index (κ3) is 3.68. The molecule has 0 aliphatic carbocycles. The van der Waals surface area contributed by atoms with Gasteiger partial charge in [-0.25, -0.2) is 4.98 Å². The minimum Gasteiger partial charge on any atom is -0.328 e. The van der Waals surface area contributed by atoms with Crippen molar-refractivity contribution in [2.24, 2.45) is 0 Å². The van der Waals surface area contributed by atoms with E-state index in [1.165, 1.54) is 5.56 Å². The van der Waals surface area contributed by atoms with E-state index in [9.17, 15) is 4.79 Å². The Labute approximate surface area is 141 Å². The number of imidazole rings is 1. The van der Waals surface area contributed by atoms with Crippen LogP contribution in [0.4, 0.5) is 5.69 Å². The molecule has 0 saturated heterocycles. The first-order chi connectivity index (χ1) is 11.6. The van der Waals surface area contributed by atoms with Crippen molar-refractivity contribution in [3.05, 3.63) is 78.1 Å². The first-order valence-electron chi connectivity index (χ1n) is 7.92. The van der Waals surface area contributed by atoms with Gasteiger partial charge in [-0.1, -0.05) is 18.2 Å². The van der Waals surface area contributed by atoms with Gasteiger partial charge in [-0.2, -0.15) is 0 Å². The zero-order chi connectivity index (χ0) is 16.9. The summed E-state index contributed by atoms with van der Waals surface area (Å²) in [5, 5.41) is 2.90. The number of rotatable bonds is 5. The van der Waals surface area contributed by atoms with Crippen LogP contribution < -0.4 is 5.32 Å². The van der Waals surface area contributed by atoms with Gasteiger partial charge in [-0.3, -0.25) is 9.78 Å². The van der Waals surface area contributed by atoms with Crippen LogP contribution in [0, 0.1) is 6.92 Å². The van der Waals surface area contributed by atoms with Crippen LogP contribution in [0.2, 0.25) is 0 Å². The Morgan fingerprint density at radius 1 is 1.12 bits per heavy atom. The Morgan fingerprint density at radius 2 is 1.92 bits per heavy atom. The fraction of sp³-hybridized carbons (Fsp3) is 0.211. The lowest BCUT2D eigenvalue weighted by Crippen LogP contribution is -2.15. The molecule has 1 aromatic carbocycles. The number of nitrogens with zero attached hydrogens (tertiary/aromatic N) is 3. The smallest absolute Gasteiger partial charge is 0.230 e. The molecule has 0 aliphatic rings. The summed E-state index contributed by atoms with van der Waals surface area (Å²) in [5.74, 6) is 0.912. The van der Waals surface area contributed by atoms with Gasteiger partial charge < -0.3 is 9.88 Å². The lowest BCUT2D eigenvalue weighted by Gasteiger charge is -2.16. The molecular weight excluding hydrogens is 300 g/mol. The van der Waals surface area contributed by atoms with Crippen LogP contribution in [0.15, 0.2) is 61.1 Å². The van der Waals surface area contributed by atoms with E-state index in [1.807, 2.05) is 55.6 Å². The molecule has 3 rings (SSSR count). The van der Waals surface area contributed by atoms with E-state index in [-0.39, 0.29) is 18.4 Å². The number of hydrogen-bond acceptors (Lipinski definition) is 3. The summed E-state index contributed by atoms with van der Waals surface area (Å²) in [6.07, 6.45) is 5.74. The maximum atomic E-state index is 12.1. The second-order valence-electron chi connectivity index (χ2n) is 5.73. The summed E-state index contributed by atoms with van der Waals surface area (Å²) in [4.78, 5) is 20.5. The van der Waals surface area contributed by atoms with Gasteiger partial charge in [0.05, 0.1) is 12.5 Å². The highest BCUT2D eigenvalue weighted by molar-refractivity contribution is 5.92. The number of pyridine rings is 1. The quantitative estimate of drug-likeness (QED) is 0.784. The molecule has 1 amide bonds. The number of aryl methyl sites for hydroxylation is 1. The average molecular weight is 320 g/mol. The van der Waals surface area contributed by atoms with Crippen LogP contribution in [0.1, 0.15) is 30.0 Å². The SMILES string of the molecule is Cc1nccn1[C@H](C)c1ccc(NC(=O)Cc2ccccn2)cc1. The first-order valence-corrected chi connectivity index (χ1v) is 7.92. The molecule has 2 heterocycles. The second-order valence-corrected chi connectivity index (χ2v) is 5.73. The number of nitrogens with one attached hydrogen (secondary N) is 1. The molecule has 5 heteroatoms. The van der Waals surface area contributed by atoms with Gasteiger partial charge in [-0.15, -0.1) is 0 Å². The van der Waals surface area contributed by atoms with Crippen LogP contribution >= 0.6 is 0 Å². The topological polar surface area (TPSA) is 59.8 Å². The molecule has 5 nitrogen and oxygen atoms in total. The Morgan fingerprint density at radius 3 is 2.54 bits per heavy atom. The van der Waals surface area contributed by atoms with Gasteiger partial charge in [0.1, 0.15) is 5.82 Å². The molecule has 0 spiro atoms. The van der Waals surface area contributed by atoms with E-state index < -0.39 is 0 Å². The zero-order valence-electron chi connectivity index (χ0n) is 13.8. The number of hydrogen-bond donors (Lipinski definition) is 1.